The van der Waals surface area contributed by atoms with Crippen molar-refractivity contribution < 1.29 is 8.42 Å². The van der Waals surface area contributed by atoms with Gasteiger partial charge in [-0.05, 0) is 25.5 Å². The van der Waals surface area contributed by atoms with Gasteiger partial charge >= 0.3 is 0 Å². The number of unbranched alkanes of at least 4 members (excludes halogenated alkanes) is 1. The molecule has 0 saturated heterocycles. The molecule has 0 aliphatic carbocycles. The highest BCUT2D eigenvalue weighted by atomic mass is 32.2. The quantitative estimate of drug-likeness (QED) is 0.587. The molecule has 4 N–H and O–H groups in total. The number of sulfonamides is 1. The van der Waals surface area contributed by atoms with Crippen LogP contribution in [0.15, 0.2) is 23.4 Å². The van der Waals surface area contributed by atoms with Crippen LogP contribution in [0.5, 0.6) is 0 Å². The highest BCUT2D eigenvalue weighted by Gasteiger charge is 2.12. The van der Waals surface area contributed by atoms with E-state index in [2.05, 4.69) is 9.71 Å². The smallest absolute Gasteiger partial charge is 0.242 e. The highest BCUT2D eigenvalue weighted by Crippen LogP contribution is 2.05. The lowest BCUT2D eigenvalue weighted by Gasteiger charge is -2.03. The average molecular weight is 217 g/mol. The van der Waals surface area contributed by atoms with Crippen LogP contribution in [0.4, 0.5) is 0 Å². The van der Waals surface area contributed by atoms with Crippen LogP contribution in [0.3, 0.4) is 0 Å². The van der Waals surface area contributed by atoms with Gasteiger partial charge in [-0.2, -0.15) is 0 Å². The topological polar surface area (TPSA) is 88.0 Å². The normalized spacial score (nSPS) is 11.8. The minimum Gasteiger partial charge on any atom is -0.366 e. The van der Waals surface area contributed by atoms with E-state index in [0.717, 1.165) is 12.8 Å². The third kappa shape index (κ3) is 3.13. The van der Waals surface area contributed by atoms with E-state index in [4.69, 9.17) is 5.73 Å². The number of hydrogen-bond donors (Lipinski definition) is 3. The van der Waals surface area contributed by atoms with Gasteiger partial charge in [-0.3, -0.25) is 0 Å². The van der Waals surface area contributed by atoms with E-state index >= 15 is 0 Å². The maximum absolute atomic E-state index is 11.5. The summed E-state index contributed by atoms with van der Waals surface area (Å²) < 4.78 is 25.5. The molecular formula is C8H15N3O2S. The van der Waals surface area contributed by atoms with Crippen LogP contribution in [0.1, 0.15) is 12.8 Å². The van der Waals surface area contributed by atoms with Crippen molar-refractivity contribution in [2.24, 2.45) is 5.73 Å². The number of rotatable bonds is 6. The summed E-state index contributed by atoms with van der Waals surface area (Å²) in [6.07, 6.45) is 4.62. The standard InChI is InChI=1S/C8H15N3O2S/c9-4-1-2-5-11-14(12,13)8-3-6-10-7-8/h3,6-7,10-11H,1-2,4-5,9H2. The number of hydrogen-bond acceptors (Lipinski definition) is 3. The molecule has 1 aromatic heterocycles. The Labute approximate surface area is 83.8 Å². The first-order chi connectivity index (χ1) is 6.67. The molecule has 6 heteroatoms. The van der Waals surface area contributed by atoms with Crippen molar-refractivity contribution in [3.05, 3.63) is 18.5 Å². The van der Waals surface area contributed by atoms with Crippen molar-refractivity contribution in [1.82, 2.24) is 9.71 Å². The SMILES string of the molecule is NCCCCNS(=O)(=O)c1cc[nH]c1. The Bertz CT molecular complexity index is 345. The second-order valence-corrected chi connectivity index (χ2v) is 4.71. The fraction of sp³-hybridized carbons (Fsp3) is 0.500. The van der Waals surface area contributed by atoms with Gasteiger partial charge in [0.25, 0.3) is 0 Å². The van der Waals surface area contributed by atoms with Crippen LogP contribution in [0.25, 0.3) is 0 Å². The molecular weight excluding hydrogens is 202 g/mol. The zero-order valence-electron chi connectivity index (χ0n) is 7.86. The van der Waals surface area contributed by atoms with Crippen LogP contribution >= 0.6 is 0 Å². The Morgan fingerprint density at radius 3 is 2.79 bits per heavy atom. The molecule has 0 saturated carbocycles. The highest BCUT2D eigenvalue weighted by molar-refractivity contribution is 7.89. The van der Waals surface area contributed by atoms with E-state index in [9.17, 15) is 8.42 Å². The second-order valence-electron chi connectivity index (χ2n) is 2.94. The molecule has 0 bridgehead atoms. The van der Waals surface area contributed by atoms with Crippen molar-refractivity contribution in [3.8, 4) is 0 Å². The lowest BCUT2D eigenvalue weighted by molar-refractivity contribution is 0.577. The predicted octanol–water partition coefficient (Wildman–Crippen LogP) is 0.0319. The van der Waals surface area contributed by atoms with Crippen molar-refractivity contribution in [2.75, 3.05) is 13.1 Å². The fourth-order valence-corrected chi connectivity index (χ4v) is 2.09. The summed E-state index contributed by atoms with van der Waals surface area (Å²) in [5.74, 6) is 0. The van der Waals surface area contributed by atoms with Crippen molar-refractivity contribution in [1.29, 1.82) is 0 Å². The van der Waals surface area contributed by atoms with Gasteiger partial charge in [0.1, 0.15) is 0 Å². The summed E-state index contributed by atoms with van der Waals surface area (Å²) in [7, 11) is -3.32. The van der Waals surface area contributed by atoms with Crippen LogP contribution in [-0.4, -0.2) is 26.5 Å². The third-order valence-electron chi connectivity index (χ3n) is 1.80. The first-order valence-corrected chi connectivity index (χ1v) is 5.97. The lowest BCUT2D eigenvalue weighted by atomic mass is 10.3. The molecule has 0 spiro atoms. The van der Waals surface area contributed by atoms with Crippen LogP contribution < -0.4 is 10.5 Å². The Morgan fingerprint density at radius 2 is 2.21 bits per heavy atom. The lowest BCUT2D eigenvalue weighted by Crippen LogP contribution is -2.24. The number of nitrogens with one attached hydrogen (secondary N) is 2. The number of aromatic nitrogens is 1. The molecule has 1 heterocycles. The molecule has 0 amide bonds. The zero-order chi connectivity index (χ0) is 10.4. The summed E-state index contributed by atoms with van der Waals surface area (Å²) in [5.41, 5.74) is 5.29. The second kappa shape index (κ2) is 5.14. The molecule has 1 rings (SSSR count). The zero-order valence-corrected chi connectivity index (χ0v) is 8.68. The van der Waals surface area contributed by atoms with Crippen LogP contribution in [-0.2, 0) is 10.0 Å². The van der Waals surface area contributed by atoms with E-state index in [-0.39, 0.29) is 4.90 Å². The van der Waals surface area contributed by atoms with E-state index in [1.165, 1.54) is 12.3 Å². The molecule has 0 fully saturated rings. The largest absolute Gasteiger partial charge is 0.366 e. The maximum atomic E-state index is 11.5. The molecule has 0 unspecified atom stereocenters. The maximum Gasteiger partial charge on any atom is 0.242 e. The first kappa shape index (κ1) is 11.2. The average Bonchev–Trinajstić information content (AvgIpc) is 2.65. The van der Waals surface area contributed by atoms with Gasteiger partial charge in [-0.1, -0.05) is 0 Å². The summed E-state index contributed by atoms with van der Waals surface area (Å²) in [6.45, 7) is 1.02. The van der Waals surface area contributed by atoms with Crippen molar-refractivity contribution in [3.63, 3.8) is 0 Å². The molecule has 14 heavy (non-hydrogen) atoms. The summed E-state index contributed by atoms with van der Waals surface area (Å²) in [5, 5.41) is 0. The molecule has 0 aliphatic rings. The molecule has 0 radical (unpaired) electrons. The number of nitrogens with two attached hydrogens (primary N) is 1. The Balaban J connectivity index is 2.44. The van der Waals surface area contributed by atoms with Crippen molar-refractivity contribution in [2.45, 2.75) is 17.7 Å². The van der Waals surface area contributed by atoms with Gasteiger partial charge in [-0.15, -0.1) is 0 Å². The van der Waals surface area contributed by atoms with Gasteiger partial charge < -0.3 is 10.7 Å². The summed E-state index contributed by atoms with van der Waals surface area (Å²) in [6, 6.07) is 1.52. The molecule has 0 aliphatic heterocycles. The summed E-state index contributed by atoms with van der Waals surface area (Å²) in [4.78, 5) is 2.97. The van der Waals surface area contributed by atoms with E-state index < -0.39 is 10.0 Å². The predicted molar refractivity (Wildman–Crippen MR) is 54.3 cm³/mol. The van der Waals surface area contributed by atoms with Gasteiger partial charge in [0.05, 0.1) is 4.90 Å². The first-order valence-electron chi connectivity index (χ1n) is 4.49. The molecule has 5 nitrogen and oxygen atoms in total. The third-order valence-corrected chi connectivity index (χ3v) is 3.26. The molecule has 0 aromatic carbocycles. The molecule has 1 aromatic rings. The Kier molecular flexibility index (Phi) is 4.12. The Hall–Kier alpha value is -0.850. The molecule has 0 atom stereocenters. The van der Waals surface area contributed by atoms with E-state index in [0.29, 0.717) is 13.1 Å². The van der Waals surface area contributed by atoms with Crippen molar-refractivity contribution >= 4 is 10.0 Å². The minimum absolute atomic E-state index is 0.269. The number of aromatic amines is 1. The monoisotopic (exact) mass is 217 g/mol. The van der Waals surface area contributed by atoms with Gasteiger partial charge in [0.2, 0.25) is 10.0 Å². The van der Waals surface area contributed by atoms with E-state index in [1.54, 1.807) is 6.20 Å². The summed E-state index contributed by atoms with van der Waals surface area (Å²) >= 11 is 0. The van der Waals surface area contributed by atoms with E-state index in [1.807, 2.05) is 0 Å². The van der Waals surface area contributed by atoms with Crippen LogP contribution in [0, 0.1) is 0 Å². The van der Waals surface area contributed by atoms with Gasteiger partial charge in [0.15, 0.2) is 0 Å². The van der Waals surface area contributed by atoms with Gasteiger partial charge in [-0.25, -0.2) is 13.1 Å². The number of H-pyrrole nitrogens is 1. The Morgan fingerprint density at radius 1 is 1.43 bits per heavy atom. The van der Waals surface area contributed by atoms with Gasteiger partial charge in [0, 0.05) is 18.9 Å². The molecule has 80 valence electrons. The minimum atomic E-state index is -3.32. The fourth-order valence-electron chi connectivity index (χ4n) is 1.03. The van der Waals surface area contributed by atoms with Crippen LogP contribution in [0.2, 0.25) is 0 Å².